The summed E-state index contributed by atoms with van der Waals surface area (Å²) in [6.45, 7) is 4.22. The maximum atomic E-state index is 6.15. The molecule has 0 saturated heterocycles. The van der Waals surface area contributed by atoms with E-state index in [-0.39, 0.29) is 0 Å². The molecule has 0 radical (unpaired) electrons. The van der Waals surface area contributed by atoms with Crippen LogP contribution in [0.5, 0.6) is 0 Å². The molecule has 0 saturated carbocycles. The van der Waals surface area contributed by atoms with Crippen molar-refractivity contribution in [2.24, 2.45) is 5.92 Å². The second-order valence-corrected chi connectivity index (χ2v) is 5.30. The Morgan fingerprint density at radius 2 is 2.00 bits per heavy atom. The molecule has 0 aliphatic heterocycles. The second kappa shape index (κ2) is 5.40. The highest BCUT2D eigenvalue weighted by Crippen LogP contribution is 2.26. The molecular formula is C15H17N5O. The third-order valence-corrected chi connectivity index (χ3v) is 3.10. The van der Waals surface area contributed by atoms with Gasteiger partial charge in [0, 0.05) is 6.42 Å². The van der Waals surface area contributed by atoms with Gasteiger partial charge >= 0.3 is 0 Å². The average molecular weight is 283 g/mol. The molecule has 0 fully saturated rings. The Morgan fingerprint density at radius 1 is 1.24 bits per heavy atom. The monoisotopic (exact) mass is 283 g/mol. The first-order chi connectivity index (χ1) is 10.1. The fraction of sp³-hybridized carbons (Fsp3) is 0.267. The number of benzene rings is 1. The van der Waals surface area contributed by atoms with Crippen LogP contribution in [0.3, 0.4) is 0 Å². The SMILES string of the molecule is CC(C)Cc1noc(-c2cnn(-c3ccccc3)c2N)n1. The number of rotatable bonds is 4. The van der Waals surface area contributed by atoms with Gasteiger partial charge in [-0.1, -0.05) is 37.2 Å². The number of nitrogens with zero attached hydrogens (tertiary/aromatic N) is 4. The molecule has 0 aliphatic rings. The first-order valence-electron chi connectivity index (χ1n) is 6.87. The van der Waals surface area contributed by atoms with Gasteiger partial charge in [0.2, 0.25) is 0 Å². The van der Waals surface area contributed by atoms with Crippen molar-refractivity contribution >= 4 is 5.82 Å². The van der Waals surface area contributed by atoms with Crippen LogP contribution in [0.15, 0.2) is 41.1 Å². The van der Waals surface area contributed by atoms with Crippen molar-refractivity contribution in [3.05, 3.63) is 42.4 Å². The van der Waals surface area contributed by atoms with Crippen LogP contribution in [0.4, 0.5) is 5.82 Å². The molecule has 0 spiro atoms. The summed E-state index contributed by atoms with van der Waals surface area (Å²) in [6, 6.07) is 9.68. The lowest BCUT2D eigenvalue weighted by molar-refractivity contribution is 0.418. The lowest BCUT2D eigenvalue weighted by atomic mass is 10.1. The summed E-state index contributed by atoms with van der Waals surface area (Å²) >= 11 is 0. The predicted octanol–water partition coefficient (Wildman–Crippen LogP) is 2.70. The van der Waals surface area contributed by atoms with Crippen LogP contribution in [-0.2, 0) is 6.42 Å². The van der Waals surface area contributed by atoms with Crippen LogP contribution in [-0.4, -0.2) is 19.9 Å². The van der Waals surface area contributed by atoms with Gasteiger partial charge in [-0.05, 0) is 18.1 Å². The Bertz CT molecular complexity index is 730. The number of hydrogen-bond donors (Lipinski definition) is 1. The summed E-state index contributed by atoms with van der Waals surface area (Å²) in [5, 5.41) is 8.27. The third-order valence-electron chi connectivity index (χ3n) is 3.10. The van der Waals surface area contributed by atoms with Crippen molar-refractivity contribution in [3.8, 4) is 17.1 Å². The van der Waals surface area contributed by atoms with Crippen LogP contribution >= 0.6 is 0 Å². The summed E-state index contributed by atoms with van der Waals surface area (Å²) < 4.78 is 6.94. The number of para-hydroxylation sites is 1. The van der Waals surface area contributed by atoms with Crippen LogP contribution in [0, 0.1) is 5.92 Å². The Hall–Kier alpha value is -2.63. The molecule has 3 aromatic rings. The van der Waals surface area contributed by atoms with E-state index < -0.39 is 0 Å². The van der Waals surface area contributed by atoms with Crippen LogP contribution in [0.1, 0.15) is 19.7 Å². The largest absolute Gasteiger partial charge is 0.383 e. The van der Waals surface area contributed by atoms with Crippen molar-refractivity contribution in [2.75, 3.05) is 5.73 Å². The van der Waals surface area contributed by atoms with E-state index in [1.165, 1.54) is 0 Å². The van der Waals surface area contributed by atoms with Gasteiger partial charge in [0.05, 0.1) is 11.9 Å². The van der Waals surface area contributed by atoms with Crippen LogP contribution < -0.4 is 5.73 Å². The maximum Gasteiger partial charge on any atom is 0.263 e. The van der Waals surface area contributed by atoms with E-state index in [9.17, 15) is 0 Å². The van der Waals surface area contributed by atoms with Gasteiger partial charge in [0.25, 0.3) is 5.89 Å². The minimum absolute atomic E-state index is 0.408. The van der Waals surface area contributed by atoms with E-state index in [4.69, 9.17) is 10.3 Å². The molecule has 2 N–H and O–H groups in total. The van der Waals surface area contributed by atoms with E-state index in [0.29, 0.717) is 29.0 Å². The molecule has 0 amide bonds. The standard InChI is InChI=1S/C15H17N5O/c1-10(2)8-13-18-15(21-19-13)12-9-17-20(14(12)16)11-6-4-3-5-7-11/h3-7,9-10H,8,16H2,1-2H3. The minimum atomic E-state index is 0.408. The highest BCUT2D eigenvalue weighted by Gasteiger charge is 2.17. The number of hydrogen-bond acceptors (Lipinski definition) is 5. The Morgan fingerprint density at radius 3 is 2.71 bits per heavy atom. The average Bonchev–Trinajstić information content (AvgIpc) is 3.06. The molecule has 6 heteroatoms. The molecule has 0 aliphatic carbocycles. The van der Waals surface area contributed by atoms with Gasteiger partial charge in [-0.15, -0.1) is 0 Å². The summed E-state index contributed by atoms with van der Waals surface area (Å²) in [7, 11) is 0. The van der Waals surface area contributed by atoms with Crippen molar-refractivity contribution in [1.29, 1.82) is 0 Å². The topological polar surface area (TPSA) is 82.8 Å². The van der Waals surface area contributed by atoms with Crippen LogP contribution in [0.2, 0.25) is 0 Å². The zero-order chi connectivity index (χ0) is 14.8. The van der Waals surface area contributed by atoms with Gasteiger partial charge in [-0.3, -0.25) is 0 Å². The first kappa shape index (κ1) is 13.4. The summed E-state index contributed by atoms with van der Waals surface area (Å²) in [5.41, 5.74) is 7.70. The predicted molar refractivity (Wildman–Crippen MR) is 79.8 cm³/mol. The normalized spacial score (nSPS) is 11.2. The van der Waals surface area contributed by atoms with E-state index in [2.05, 4.69) is 29.1 Å². The maximum absolute atomic E-state index is 6.15. The van der Waals surface area contributed by atoms with E-state index in [1.54, 1.807) is 10.9 Å². The van der Waals surface area contributed by atoms with Gasteiger partial charge in [0.1, 0.15) is 11.4 Å². The Kier molecular flexibility index (Phi) is 3.43. The van der Waals surface area contributed by atoms with Crippen molar-refractivity contribution in [2.45, 2.75) is 20.3 Å². The molecule has 1 aromatic carbocycles. The number of aromatic nitrogens is 4. The highest BCUT2D eigenvalue weighted by atomic mass is 16.5. The quantitative estimate of drug-likeness (QED) is 0.796. The smallest absolute Gasteiger partial charge is 0.263 e. The zero-order valence-corrected chi connectivity index (χ0v) is 12.0. The fourth-order valence-electron chi connectivity index (χ4n) is 2.11. The fourth-order valence-corrected chi connectivity index (χ4v) is 2.11. The highest BCUT2D eigenvalue weighted by molar-refractivity contribution is 5.68. The van der Waals surface area contributed by atoms with Gasteiger partial charge in [0.15, 0.2) is 5.82 Å². The molecule has 0 unspecified atom stereocenters. The van der Waals surface area contributed by atoms with E-state index in [0.717, 1.165) is 12.1 Å². The van der Waals surface area contributed by atoms with Crippen LogP contribution in [0.25, 0.3) is 17.1 Å². The summed E-state index contributed by atoms with van der Waals surface area (Å²) in [6.07, 6.45) is 2.42. The van der Waals surface area contributed by atoms with Gasteiger partial charge < -0.3 is 10.3 Å². The summed E-state index contributed by atoms with van der Waals surface area (Å²) in [5.74, 6) is 2.05. The van der Waals surface area contributed by atoms with Crippen molar-refractivity contribution in [1.82, 2.24) is 19.9 Å². The lowest BCUT2D eigenvalue weighted by Crippen LogP contribution is -2.02. The molecule has 3 rings (SSSR count). The van der Waals surface area contributed by atoms with E-state index >= 15 is 0 Å². The van der Waals surface area contributed by atoms with Crippen molar-refractivity contribution in [3.63, 3.8) is 0 Å². The minimum Gasteiger partial charge on any atom is -0.383 e. The molecule has 2 aromatic heterocycles. The molecular weight excluding hydrogens is 266 g/mol. The Labute approximate surface area is 122 Å². The van der Waals surface area contributed by atoms with E-state index in [1.807, 2.05) is 30.3 Å². The third kappa shape index (κ3) is 2.65. The first-order valence-corrected chi connectivity index (χ1v) is 6.87. The van der Waals surface area contributed by atoms with Gasteiger partial charge in [-0.2, -0.15) is 10.1 Å². The molecule has 6 nitrogen and oxygen atoms in total. The van der Waals surface area contributed by atoms with Crippen molar-refractivity contribution < 1.29 is 4.52 Å². The second-order valence-electron chi connectivity index (χ2n) is 5.30. The molecule has 0 atom stereocenters. The molecule has 0 bridgehead atoms. The summed E-state index contributed by atoms with van der Waals surface area (Å²) in [4.78, 5) is 4.38. The lowest BCUT2D eigenvalue weighted by Gasteiger charge is -2.03. The number of anilines is 1. The Balaban J connectivity index is 1.94. The number of nitrogens with two attached hydrogens (primary N) is 1. The molecule has 21 heavy (non-hydrogen) atoms. The molecule has 2 heterocycles. The zero-order valence-electron chi connectivity index (χ0n) is 12.0. The molecule has 108 valence electrons. The van der Waals surface area contributed by atoms with Gasteiger partial charge in [-0.25, -0.2) is 4.68 Å². The number of nitrogen functional groups attached to an aromatic ring is 1.